The molecule has 0 saturated carbocycles. The summed E-state index contributed by atoms with van der Waals surface area (Å²) < 4.78 is 10.9. The number of hydrogen-bond donors (Lipinski definition) is 1. The molecule has 0 bridgehead atoms. The van der Waals surface area contributed by atoms with Gasteiger partial charge in [-0.1, -0.05) is 60.4 Å². The fraction of sp³-hybridized carbons (Fsp3) is 0.190. The van der Waals surface area contributed by atoms with Crippen LogP contribution in [0.25, 0.3) is 6.08 Å². The number of carboxylic acid groups (broad SMARTS) is 1. The molecule has 0 radical (unpaired) electrons. The Labute approximate surface area is 178 Å². The second kappa shape index (κ2) is 9.11. The van der Waals surface area contributed by atoms with Gasteiger partial charge in [-0.15, -0.1) is 0 Å². The lowest BCUT2D eigenvalue weighted by Crippen LogP contribution is -2.34. The number of rotatable bonds is 7. The van der Waals surface area contributed by atoms with Gasteiger partial charge >= 0.3 is 5.97 Å². The Hall–Kier alpha value is -2.84. The Morgan fingerprint density at radius 1 is 1.17 bits per heavy atom. The van der Waals surface area contributed by atoms with E-state index in [4.69, 9.17) is 21.7 Å². The van der Waals surface area contributed by atoms with Crippen LogP contribution in [-0.2, 0) is 9.59 Å². The lowest BCUT2D eigenvalue weighted by atomic mass is 10.0. The molecule has 1 unspecified atom stereocenters. The van der Waals surface area contributed by atoms with Crippen molar-refractivity contribution >= 4 is 46.3 Å². The summed E-state index contributed by atoms with van der Waals surface area (Å²) in [5.41, 5.74) is 1.47. The van der Waals surface area contributed by atoms with Crippen molar-refractivity contribution in [1.29, 1.82) is 0 Å². The van der Waals surface area contributed by atoms with Gasteiger partial charge in [-0.05, 0) is 29.3 Å². The van der Waals surface area contributed by atoms with Gasteiger partial charge in [0.2, 0.25) is 0 Å². The van der Waals surface area contributed by atoms with Crippen LogP contribution in [-0.4, -0.2) is 40.4 Å². The second-order valence-corrected chi connectivity index (χ2v) is 7.87. The maximum atomic E-state index is 13.1. The van der Waals surface area contributed by atoms with Gasteiger partial charge in [0.15, 0.2) is 11.5 Å². The van der Waals surface area contributed by atoms with E-state index in [1.54, 1.807) is 55.7 Å². The minimum Gasteiger partial charge on any atom is -0.493 e. The van der Waals surface area contributed by atoms with Crippen molar-refractivity contribution in [3.05, 3.63) is 64.6 Å². The van der Waals surface area contributed by atoms with E-state index < -0.39 is 12.0 Å². The van der Waals surface area contributed by atoms with Gasteiger partial charge in [0, 0.05) is 0 Å². The number of carbonyl (C=O) groups is 2. The average Bonchev–Trinajstić information content (AvgIpc) is 2.99. The van der Waals surface area contributed by atoms with Crippen molar-refractivity contribution in [2.75, 3.05) is 14.2 Å². The largest absolute Gasteiger partial charge is 0.493 e. The van der Waals surface area contributed by atoms with Crippen LogP contribution in [0.5, 0.6) is 11.5 Å². The zero-order valence-electron chi connectivity index (χ0n) is 15.8. The molecule has 1 atom stereocenters. The molecular weight excluding hydrogens is 410 g/mol. The number of aliphatic carboxylic acids is 1. The molecule has 1 heterocycles. The molecule has 29 heavy (non-hydrogen) atoms. The number of thioether (sulfide) groups is 1. The van der Waals surface area contributed by atoms with E-state index in [2.05, 4.69) is 0 Å². The molecule has 1 aliphatic heterocycles. The highest BCUT2D eigenvalue weighted by Crippen LogP contribution is 2.40. The first-order valence-electron chi connectivity index (χ1n) is 8.70. The maximum Gasteiger partial charge on any atom is 0.305 e. The van der Waals surface area contributed by atoms with Crippen LogP contribution in [0.2, 0.25) is 0 Å². The monoisotopic (exact) mass is 429 g/mol. The SMILES string of the molecule is COc1ccc(/C=C2/SC(=S)N(C(CC(=O)O)c3ccccc3)C2=O)cc1OC. The van der Waals surface area contributed by atoms with Crippen molar-refractivity contribution in [2.24, 2.45) is 0 Å². The quantitative estimate of drug-likeness (QED) is 0.524. The van der Waals surface area contributed by atoms with Gasteiger partial charge in [-0.3, -0.25) is 14.5 Å². The first-order valence-corrected chi connectivity index (χ1v) is 9.93. The van der Waals surface area contributed by atoms with Gasteiger partial charge in [0.05, 0.1) is 31.6 Å². The number of benzene rings is 2. The zero-order chi connectivity index (χ0) is 21.0. The van der Waals surface area contributed by atoms with Crippen molar-refractivity contribution in [1.82, 2.24) is 4.90 Å². The summed E-state index contributed by atoms with van der Waals surface area (Å²) in [7, 11) is 3.09. The molecule has 2 aromatic carbocycles. The van der Waals surface area contributed by atoms with E-state index in [-0.39, 0.29) is 12.3 Å². The van der Waals surface area contributed by atoms with Crippen LogP contribution in [0, 0.1) is 0 Å². The van der Waals surface area contributed by atoms with Crippen LogP contribution in [0.3, 0.4) is 0 Å². The highest BCUT2D eigenvalue weighted by molar-refractivity contribution is 8.26. The summed E-state index contributed by atoms with van der Waals surface area (Å²) in [6.45, 7) is 0. The van der Waals surface area contributed by atoms with E-state index >= 15 is 0 Å². The van der Waals surface area contributed by atoms with Crippen LogP contribution in [0.1, 0.15) is 23.6 Å². The number of carbonyl (C=O) groups excluding carboxylic acids is 1. The van der Waals surface area contributed by atoms with Crippen molar-refractivity contribution in [2.45, 2.75) is 12.5 Å². The van der Waals surface area contributed by atoms with E-state index in [9.17, 15) is 14.7 Å². The molecule has 2 aromatic rings. The van der Waals surface area contributed by atoms with Crippen LogP contribution in [0.4, 0.5) is 0 Å². The fourth-order valence-corrected chi connectivity index (χ4v) is 4.40. The molecule has 1 fully saturated rings. The summed E-state index contributed by atoms with van der Waals surface area (Å²) in [6.07, 6.45) is 1.48. The molecule has 1 N–H and O–H groups in total. The smallest absolute Gasteiger partial charge is 0.305 e. The van der Waals surface area contributed by atoms with Crippen LogP contribution >= 0.6 is 24.0 Å². The minimum absolute atomic E-state index is 0.236. The molecule has 8 heteroatoms. The highest BCUT2D eigenvalue weighted by atomic mass is 32.2. The molecule has 0 aromatic heterocycles. The van der Waals surface area contributed by atoms with E-state index in [1.165, 1.54) is 12.0 Å². The van der Waals surface area contributed by atoms with E-state index in [0.29, 0.717) is 20.7 Å². The number of amides is 1. The molecule has 1 aliphatic rings. The Balaban J connectivity index is 1.94. The number of thiocarbonyl (C=S) groups is 1. The standard InChI is InChI=1S/C21H19NO5S2/c1-26-16-9-8-13(10-17(16)27-2)11-18-20(25)22(21(28)29-18)15(12-19(23)24)14-6-4-3-5-7-14/h3-11,15H,12H2,1-2H3,(H,23,24)/b18-11+. The molecule has 0 aliphatic carbocycles. The summed E-state index contributed by atoms with van der Waals surface area (Å²) in [6, 6.07) is 13.7. The summed E-state index contributed by atoms with van der Waals surface area (Å²) in [4.78, 5) is 26.3. The lowest BCUT2D eigenvalue weighted by molar-refractivity contribution is -0.138. The number of carboxylic acids is 1. The van der Waals surface area contributed by atoms with Crippen LogP contribution in [0.15, 0.2) is 53.4 Å². The molecule has 1 saturated heterocycles. The van der Waals surface area contributed by atoms with E-state index in [1.807, 2.05) is 6.07 Å². The molecular formula is C21H19NO5S2. The third-order valence-electron chi connectivity index (χ3n) is 4.39. The molecule has 1 amide bonds. The number of methoxy groups -OCH3 is 2. The van der Waals surface area contributed by atoms with E-state index in [0.717, 1.165) is 22.9 Å². The molecule has 3 rings (SSSR count). The van der Waals surface area contributed by atoms with Gasteiger partial charge < -0.3 is 14.6 Å². The molecule has 0 spiro atoms. The first-order chi connectivity index (χ1) is 13.9. The summed E-state index contributed by atoms with van der Waals surface area (Å²) in [5.74, 6) is -0.186. The lowest BCUT2D eigenvalue weighted by Gasteiger charge is -2.26. The molecule has 6 nitrogen and oxygen atoms in total. The zero-order valence-corrected chi connectivity index (χ0v) is 17.5. The van der Waals surface area contributed by atoms with Gasteiger partial charge in [0.1, 0.15) is 4.32 Å². The Kier molecular flexibility index (Phi) is 6.56. The van der Waals surface area contributed by atoms with Gasteiger partial charge in [-0.2, -0.15) is 0 Å². The predicted octanol–water partition coefficient (Wildman–Crippen LogP) is 4.12. The van der Waals surface area contributed by atoms with Crippen molar-refractivity contribution in [3.63, 3.8) is 0 Å². The number of hydrogen-bond acceptors (Lipinski definition) is 6. The first kappa shape index (κ1) is 20.9. The highest BCUT2D eigenvalue weighted by Gasteiger charge is 2.38. The number of ether oxygens (including phenoxy) is 2. The second-order valence-electron chi connectivity index (χ2n) is 6.19. The Morgan fingerprint density at radius 2 is 1.86 bits per heavy atom. The summed E-state index contributed by atoms with van der Waals surface area (Å²) >= 11 is 6.57. The van der Waals surface area contributed by atoms with Gasteiger partial charge in [0.25, 0.3) is 5.91 Å². The average molecular weight is 430 g/mol. The van der Waals surface area contributed by atoms with Gasteiger partial charge in [-0.25, -0.2) is 0 Å². The Bertz CT molecular complexity index is 974. The predicted molar refractivity (Wildman–Crippen MR) is 116 cm³/mol. The fourth-order valence-electron chi connectivity index (χ4n) is 3.04. The number of nitrogens with zero attached hydrogens (tertiary/aromatic N) is 1. The third kappa shape index (κ3) is 4.60. The maximum absolute atomic E-state index is 13.1. The third-order valence-corrected chi connectivity index (χ3v) is 5.72. The van der Waals surface area contributed by atoms with Crippen molar-refractivity contribution < 1.29 is 24.2 Å². The van der Waals surface area contributed by atoms with Crippen molar-refractivity contribution in [3.8, 4) is 11.5 Å². The molecule has 150 valence electrons. The normalized spacial score (nSPS) is 16.2. The summed E-state index contributed by atoms with van der Waals surface area (Å²) in [5, 5.41) is 9.36. The topological polar surface area (TPSA) is 76.1 Å². The minimum atomic E-state index is -1.00. The Morgan fingerprint density at radius 3 is 2.48 bits per heavy atom. The van der Waals surface area contributed by atoms with Crippen LogP contribution < -0.4 is 9.47 Å².